The summed E-state index contributed by atoms with van der Waals surface area (Å²) >= 11 is 0. The molecule has 0 aromatic heterocycles. The third-order valence-corrected chi connectivity index (χ3v) is 4.00. The first-order valence-electron chi connectivity index (χ1n) is 7.48. The normalized spacial score (nSPS) is 16.0. The van der Waals surface area contributed by atoms with E-state index in [1.807, 2.05) is 12.1 Å². The van der Waals surface area contributed by atoms with Gasteiger partial charge in [0.25, 0.3) is 0 Å². The number of ether oxygens (including phenoxy) is 1. The molecule has 1 unspecified atom stereocenters. The number of carbonyl (C=O) groups is 1. The van der Waals surface area contributed by atoms with Crippen LogP contribution in [-0.2, 0) is 9.53 Å². The molecule has 3 N–H and O–H groups in total. The number of amides is 1. The molecular formula is C16H25N3O2. The fraction of sp³-hybridized carbons (Fsp3) is 0.562. The first-order chi connectivity index (χ1) is 10.1. The van der Waals surface area contributed by atoms with E-state index in [9.17, 15) is 4.79 Å². The van der Waals surface area contributed by atoms with Crippen LogP contribution >= 0.6 is 0 Å². The Morgan fingerprint density at radius 1 is 1.43 bits per heavy atom. The summed E-state index contributed by atoms with van der Waals surface area (Å²) in [6.45, 7) is 4.02. The third-order valence-electron chi connectivity index (χ3n) is 4.00. The number of benzene rings is 1. The van der Waals surface area contributed by atoms with Crippen LogP contribution in [0.1, 0.15) is 19.8 Å². The molecule has 1 amide bonds. The van der Waals surface area contributed by atoms with Crippen LogP contribution in [0.4, 0.5) is 11.4 Å². The first kappa shape index (κ1) is 15.8. The SMILES string of the molecule is COCCN(CC(=O)Nc1ccc(N)cc1)C(C)C1CC1. The number of nitrogens with two attached hydrogens (primary N) is 1. The number of anilines is 2. The van der Waals surface area contributed by atoms with Crippen molar-refractivity contribution < 1.29 is 9.53 Å². The van der Waals surface area contributed by atoms with Crippen molar-refractivity contribution in [3.63, 3.8) is 0 Å². The largest absolute Gasteiger partial charge is 0.399 e. The minimum Gasteiger partial charge on any atom is -0.399 e. The highest BCUT2D eigenvalue weighted by Gasteiger charge is 2.32. The van der Waals surface area contributed by atoms with Crippen LogP contribution in [0.2, 0.25) is 0 Å². The molecule has 1 aliphatic rings. The van der Waals surface area contributed by atoms with E-state index < -0.39 is 0 Å². The second kappa shape index (κ2) is 7.43. The van der Waals surface area contributed by atoms with Gasteiger partial charge >= 0.3 is 0 Å². The zero-order valence-electron chi connectivity index (χ0n) is 12.8. The maximum absolute atomic E-state index is 12.2. The van der Waals surface area contributed by atoms with Crippen molar-refractivity contribution in [3.8, 4) is 0 Å². The van der Waals surface area contributed by atoms with E-state index in [1.54, 1.807) is 19.2 Å². The first-order valence-corrected chi connectivity index (χ1v) is 7.48. The van der Waals surface area contributed by atoms with Gasteiger partial charge in [0.05, 0.1) is 13.2 Å². The fourth-order valence-electron chi connectivity index (χ4n) is 2.46. The Labute approximate surface area is 126 Å². The van der Waals surface area contributed by atoms with Crippen molar-refractivity contribution in [1.82, 2.24) is 4.90 Å². The van der Waals surface area contributed by atoms with Gasteiger partial charge in [0, 0.05) is 31.1 Å². The number of carbonyl (C=O) groups excluding carboxylic acids is 1. The second-order valence-electron chi connectivity index (χ2n) is 5.71. The number of methoxy groups -OCH3 is 1. The van der Waals surface area contributed by atoms with Gasteiger partial charge in [0.1, 0.15) is 0 Å². The highest BCUT2D eigenvalue weighted by atomic mass is 16.5. The van der Waals surface area contributed by atoms with Gasteiger partial charge in [0.15, 0.2) is 0 Å². The predicted molar refractivity (Wildman–Crippen MR) is 85.1 cm³/mol. The van der Waals surface area contributed by atoms with Crippen molar-refractivity contribution in [2.45, 2.75) is 25.8 Å². The summed E-state index contributed by atoms with van der Waals surface area (Å²) in [5.41, 5.74) is 7.11. The molecular weight excluding hydrogens is 266 g/mol. The average molecular weight is 291 g/mol. The van der Waals surface area contributed by atoms with Crippen LogP contribution in [0.5, 0.6) is 0 Å². The van der Waals surface area contributed by atoms with Crippen LogP contribution in [-0.4, -0.2) is 43.7 Å². The number of nitrogens with zero attached hydrogens (tertiary/aromatic N) is 1. The Kier molecular flexibility index (Phi) is 5.59. The van der Waals surface area contributed by atoms with Gasteiger partial charge in [-0.15, -0.1) is 0 Å². The predicted octanol–water partition coefficient (Wildman–Crippen LogP) is 1.95. The van der Waals surface area contributed by atoms with E-state index in [0.717, 1.165) is 18.2 Å². The number of hydrogen-bond acceptors (Lipinski definition) is 4. The molecule has 1 aliphatic carbocycles. The maximum Gasteiger partial charge on any atom is 0.238 e. The zero-order valence-corrected chi connectivity index (χ0v) is 12.8. The summed E-state index contributed by atoms with van der Waals surface area (Å²) in [7, 11) is 1.69. The Hall–Kier alpha value is -1.59. The minimum absolute atomic E-state index is 0.00312. The summed E-state index contributed by atoms with van der Waals surface area (Å²) in [4.78, 5) is 14.4. The topological polar surface area (TPSA) is 67.6 Å². The molecule has 1 saturated carbocycles. The molecule has 116 valence electrons. The van der Waals surface area contributed by atoms with Gasteiger partial charge in [-0.2, -0.15) is 0 Å². The summed E-state index contributed by atoms with van der Waals surface area (Å²) in [6, 6.07) is 7.63. The molecule has 0 radical (unpaired) electrons. The lowest BCUT2D eigenvalue weighted by Gasteiger charge is -2.28. The molecule has 5 nitrogen and oxygen atoms in total. The molecule has 1 atom stereocenters. The zero-order chi connectivity index (χ0) is 15.2. The standard InChI is InChI=1S/C16H25N3O2/c1-12(13-3-4-13)19(9-10-21-2)11-16(20)18-15-7-5-14(17)6-8-15/h5-8,12-13H,3-4,9-11,17H2,1-2H3,(H,18,20). The van der Waals surface area contributed by atoms with Gasteiger partial charge in [-0.25, -0.2) is 0 Å². The van der Waals surface area contributed by atoms with Gasteiger partial charge in [-0.1, -0.05) is 0 Å². The quantitative estimate of drug-likeness (QED) is 0.718. The molecule has 1 fully saturated rings. The van der Waals surface area contributed by atoms with Crippen LogP contribution in [0, 0.1) is 5.92 Å². The molecule has 0 bridgehead atoms. The summed E-state index contributed by atoms with van der Waals surface area (Å²) in [5.74, 6) is 0.731. The second-order valence-corrected chi connectivity index (χ2v) is 5.71. The van der Waals surface area contributed by atoms with Crippen molar-refractivity contribution in [2.24, 2.45) is 5.92 Å². The van der Waals surface area contributed by atoms with E-state index >= 15 is 0 Å². The summed E-state index contributed by atoms with van der Waals surface area (Å²) in [5, 5.41) is 2.91. The Morgan fingerprint density at radius 2 is 2.10 bits per heavy atom. The summed E-state index contributed by atoms with van der Waals surface area (Å²) < 4.78 is 5.15. The van der Waals surface area contributed by atoms with Crippen LogP contribution < -0.4 is 11.1 Å². The van der Waals surface area contributed by atoms with E-state index in [2.05, 4.69) is 17.1 Å². The lowest BCUT2D eigenvalue weighted by atomic mass is 10.2. The number of hydrogen-bond donors (Lipinski definition) is 2. The molecule has 0 aliphatic heterocycles. The highest BCUT2D eigenvalue weighted by Crippen LogP contribution is 2.35. The molecule has 21 heavy (non-hydrogen) atoms. The van der Waals surface area contributed by atoms with Gasteiger partial charge in [-0.05, 0) is 49.9 Å². The fourth-order valence-corrected chi connectivity index (χ4v) is 2.46. The Balaban J connectivity index is 1.88. The molecule has 5 heteroatoms. The van der Waals surface area contributed by atoms with Crippen molar-refractivity contribution in [2.75, 3.05) is 37.9 Å². The van der Waals surface area contributed by atoms with E-state index in [1.165, 1.54) is 12.8 Å². The number of nitrogens with one attached hydrogen (secondary N) is 1. The van der Waals surface area contributed by atoms with Gasteiger partial charge in [0.2, 0.25) is 5.91 Å². The minimum atomic E-state index is 0.00312. The van der Waals surface area contributed by atoms with E-state index in [4.69, 9.17) is 10.5 Å². The number of rotatable bonds is 8. The van der Waals surface area contributed by atoms with Crippen LogP contribution in [0.3, 0.4) is 0 Å². The molecule has 2 rings (SSSR count). The Bertz CT molecular complexity index is 457. The van der Waals surface area contributed by atoms with Crippen molar-refractivity contribution >= 4 is 17.3 Å². The van der Waals surface area contributed by atoms with Crippen LogP contribution in [0.25, 0.3) is 0 Å². The third kappa shape index (κ3) is 5.02. The van der Waals surface area contributed by atoms with Crippen molar-refractivity contribution in [3.05, 3.63) is 24.3 Å². The van der Waals surface area contributed by atoms with Gasteiger partial charge in [-0.3, -0.25) is 9.69 Å². The molecule has 0 heterocycles. The van der Waals surface area contributed by atoms with Crippen molar-refractivity contribution in [1.29, 1.82) is 0 Å². The van der Waals surface area contributed by atoms with E-state index in [-0.39, 0.29) is 5.91 Å². The molecule has 1 aromatic carbocycles. The lowest BCUT2D eigenvalue weighted by molar-refractivity contribution is -0.118. The monoisotopic (exact) mass is 291 g/mol. The Morgan fingerprint density at radius 3 is 2.67 bits per heavy atom. The molecule has 1 aromatic rings. The smallest absolute Gasteiger partial charge is 0.238 e. The maximum atomic E-state index is 12.2. The average Bonchev–Trinajstić information content (AvgIpc) is 3.30. The summed E-state index contributed by atoms with van der Waals surface area (Å²) in [6.07, 6.45) is 2.54. The highest BCUT2D eigenvalue weighted by molar-refractivity contribution is 5.92. The van der Waals surface area contributed by atoms with E-state index in [0.29, 0.717) is 24.9 Å². The molecule has 0 spiro atoms. The van der Waals surface area contributed by atoms with Crippen LogP contribution in [0.15, 0.2) is 24.3 Å². The van der Waals surface area contributed by atoms with Gasteiger partial charge < -0.3 is 15.8 Å². The number of nitrogen functional groups attached to an aromatic ring is 1. The molecule has 0 saturated heterocycles. The lowest BCUT2D eigenvalue weighted by Crippen LogP contribution is -2.42.